The minimum atomic E-state index is -6.49. The fourth-order valence-corrected chi connectivity index (χ4v) is 0.925. The Kier molecular flexibility index (Phi) is 5.78. The Balaban J connectivity index is 4.42. The quantitative estimate of drug-likeness (QED) is 0.579. The lowest BCUT2D eigenvalue weighted by Gasteiger charge is -2.27. The number of alkyl halides is 7. The summed E-state index contributed by atoms with van der Waals surface area (Å²) in [4.78, 5) is 20.8. The summed E-state index contributed by atoms with van der Waals surface area (Å²) in [5.41, 5.74) is 0. The van der Waals surface area contributed by atoms with E-state index in [0.717, 1.165) is 0 Å². The minimum absolute atomic E-state index is 0.324. The molecule has 0 bridgehead atoms. The van der Waals surface area contributed by atoms with Gasteiger partial charge in [-0.2, -0.15) is 30.7 Å². The van der Waals surface area contributed by atoms with Gasteiger partial charge < -0.3 is 9.84 Å². The number of hydrogen-bond donors (Lipinski definition) is 1. The van der Waals surface area contributed by atoms with Crippen molar-refractivity contribution in [3.63, 3.8) is 0 Å². The van der Waals surface area contributed by atoms with Gasteiger partial charge in [0.1, 0.15) is 0 Å². The zero-order valence-corrected chi connectivity index (χ0v) is 9.65. The lowest BCUT2D eigenvalue weighted by molar-refractivity contribution is -0.359. The Morgan fingerprint density at radius 2 is 1.45 bits per heavy atom. The summed E-state index contributed by atoms with van der Waals surface area (Å²) in [5.74, 6) is -14.8. The highest BCUT2D eigenvalue weighted by Gasteiger charge is 2.73. The van der Waals surface area contributed by atoms with Crippen LogP contribution in [0.25, 0.3) is 0 Å². The maximum Gasteiger partial charge on any atom is 0.460 e. The van der Waals surface area contributed by atoms with E-state index in [2.05, 4.69) is 4.74 Å². The largest absolute Gasteiger partial charge is 0.481 e. The van der Waals surface area contributed by atoms with Gasteiger partial charge in [-0.15, -0.1) is 0 Å². The first-order valence-corrected chi connectivity index (χ1v) is 5.01. The second-order valence-corrected chi connectivity index (χ2v) is 3.68. The van der Waals surface area contributed by atoms with Crippen molar-refractivity contribution in [1.82, 2.24) is 0 Å². The number of hydrogen-bond acceptors (Lipinski definition) is 3. The van der Waals surface area contributed by atoms with E-state index >= 15 is 0 Å². The summed E-state index contributed by atoms with van der Waals surface area (Å²) in [5, 5.41) is 8.19. The van der Waals surface area contributed by atoms with Gasteiger partial charge >= 0.3 is 30.0 Å². The number of ether oxygens (including phenoxy) is 1. The van der Waals surface area contributed by atoms with E-state index in [0.29, 0.717) is 0 Å². The van der Waals surface area contributed by atoms with Crippen molar-refractivity contribution in [1.29, 1.82) is 0 Å². The predicted octanol–water partition coefficient (Wildman–Crippen LogP) is 2.62. The van der Waals surface area contributed by atoms with Crippen LogP contribution in [0.3, 0.4) is 0 Å². The second kappa shape index (κ2) is 6.27. The van der Waals surface area contributed by atoms with Gasteiger partial charge in [0, 0.05) is 12.8 Å². The second-order valence-electron chi connectivity index (χ2n) is 3.68. The number of carbonyl (C=O) groups excluding carboxylic acids is 1. The summed E-state index contributed by atoms with van der Waals surface area (Å²) < 4.78 is 88.8. The summed E-state index contributed by atoms with van der Waals surface area (Å²) in [6, 6.07) is 0. The molecule has 0 amide bonds. The first kappa shape index (κ1) is 18.4. The summed E-state index contributed by atoms with van der Waals surface area (Å²) in [6.45, 7) is -2.45. The van der Waals surface area contributed by atoms with E-state index in [1.54, 1.807) is 0 Å². The van der Waals surface area contributed by atoms with Crippen LogP contribution >= 0.6 is 0 Å². The highest BCUT2D eigenvalue weighted by Crippen LogP contribution is 2.46. The minimum Gasteiger partial charge on any atom is -0.481 e. The molecule has 118 valence electrons. The van der Waals surface area contributed by atoms with Crippen LogP contribution < -0.4 is 0 Å². The zero-order chi connectivity index (χ0) is 16.2. The van der Waals surface area contributed by atoms with Crippen LogP contribution in [0.1, 0.15) is 19.3 Å². The van der Waals surface area contributed by atoms with Gasteiger partial charge in [-0.25, -0.2) is 0 Å². The van der Waals surface area contributed by atoms with Crippen molar-refractivity contribution < 1.29 is 50.2 Å². The molecule has 4 nitrogen and oxygen atoms in total. The number of aliphatic carboxylic acids is 1. The fourth-order valence-electron chi connectivity index (χ4n) is 0.925. The van der Waals surface area contributed by atoms with Crippen LogP contribution in [0, 0.1) is 0 Å². The maximum atomic E-state index is 12.7. The van der Waals surface area contributed by atoms with Gasteiger partial charge in [-0.1, -0.05) is 0 Å². The van der Waals surface area contributed by atoms with Crippen LogP contribution in [0.4, 0.5) is 30.7 Å². The van der Waals surface area contributed by atoms with Gasteiger partial charge in [-0.3, -0.25) is 9.59 Å². The average molecular weight is 314 g/mol. The SMILES string of the molecule is O=C(O)CCCC(=O)OCC(F)(F)C(F)(F)C(F)(F)F. The van der Waals surface area contributed by atoms with Crippen molar-refractivity contribution in [2.24, 2.45) is 0 Å². The van der Waals surface area contributed by atoms with E-state index < -0.39 is 49.4 Å². The Morgan fingerprint density at radius 3 is 1.85 bits per heavy atom. The Morgan fingerprint density at radius 1 is 0.950 bits per heavy atom. The van der Waals surface area contributed by atoms with E-state index in [-0.39, 0.29) is 6.42 Å². The summed E-state index contributed by atoms with van der Waals surface area (Å²) in [7, 11) is 0. The average Bonchev–Trinajstić information content (AvgIpc) is 2.24. The normalized spacial score (nSPS) is 13.2. The van der Waals surface area contributed by atoms with Gasteiger partial charge in [0.25, 0.3) is 0 Å². The molecule has 0 rings (SSSR count). The molecule has 0 aliphatic carbocycles. The number of rotatable bonds is 7. The van der Waals surface area contributed by atoms with Gasteiger partial charge in [0.05, 0.1) is 0 Å². The number of carboxylic acid groups (broad SMARTS) is 1. The molecule has 0 unspecified atom stereocenters. The van der Waals surface area contributed by atoms with Crippen LogP contribution in [-0.4, -0.2) is 41.7 Å². The van der Waals surface area contributed by atoms with Crippen molar-refractivity contribution in [3.05, 3.63) is 0 Å². The van der Waals surface area contributed by atoms with Crippen molar-refractivity contribution in [3.8, 4) is 0 Å². The predicted molar refractivity (Wildman–Crippen MR) is 48.4 cm³/mol. The molecule has 1 N–H and O–H groups in total. The molecular formula is C9H9F7O4. The lowest BCUT2D eigenvalue weighted by Crippen LogP contribution is -2.54. The third-order valence-electron chi connectivity index (χ3n) is 2.00. The molecule has 0 radical (unpaired) electrons. The topological polar surface area (TPSA) is 63.6 Å². The number of carbonyl (C=O) groups is 2. The summed E-state index contributed by atoms with van der Waals surface area (Å²) >= 11 is 0. The van der Waals surface area contributed by atoms with E-state index in [4.69, 9.17) is 5.11 Å². The molecule has 0 aliphatic rings. The molecule has 0 atom stereocenters. The van der Waals surface area contributed by atoms with Crippen molar-refractivity contribution in [2.75, 3.05) is 6.61 Å². The molecule has 0 aromatic carbocycles. The molecule has 0 saturated heterocycles. The first-order chi connectivity index (χ1) is 8.81. The molecule has 11 heteroatoms. The van der Waals surface area contributed by atoms with Crippen LogP contribution in [0.5, 0.6) is 0 Å². The Hall–Kier alpha value is -1.55. The molecule has 0 aromatic rings. The lowest BCUT2D eigenvalue weighted by atomic mass is 10.2. The number of carboxylic acids is 1. The molecule has 0 saturated carbocycles. The van der Waals surface area contributed by atoms with Gasteiger partial charge in [-0.05, 0) is 6.42 Å². The van der Waals surface area contributed by atoms with Crippen LogP contribution in [0.2, 0.25) is 0 Å². The van der Waals surface area contributed by atoms with E-state index in [9.17, 15) is 40.3 Å². The van der Waals surface area contributed by atoms with Crippen LogP contribution in [0.15, 0.2) is 0 Å². The molecular weight excluding hydrogens is 305 g/mol. The van der Waals surface area contributed by atoms with Crippen molar-refractivity contribution in [2.45, 2.75) is 37.3 Å². The molecule has 0 spiro atoms. The highest BCUT2D eigenvalue weighted by atomic mass is 19.4. The fraction of sp³-hybridized carbons (Fsp3) is 0.778. The highest BCUT2D eigenvalue weighted by molar-refractivity contribution is 5.71. The monoisotopic (exact) mass is 314 g/mol. The third kappa shape index (κ3) is 4.85. The molecule has 20 heavy (non-hydrogen) atoms. The van der Waals surface area contributed by atoms with Gasteiger partial charge in [0.15, 0.2) is 6.61 Å². The maximum absolute atomic E-state index is 12.7. The molecule has 0 fully saturated rings. The first-order valence-electron chi connectivity index (χ1n) is 5.01. The Bertz CT molecular complexity index is 364. The molecule has 0 aliphatic heterocycles. The third-order valence-corrected chi connectivity index (χ3v) is 2.00. The number of halogens is 7. The Labute approximate surface area is 107 Å². The van der Waals surface area contributed by atoms with Gasteiger partial charge in [0.2, 0.25) is 0 Å². The van der Waals surface area contributed by atoms with E-state index in [1.807, 2.05) is 0 Å². The zero-order valence-electron chi connectivity index (χ0n) is 9.65. The molecule has 0 aromatic heterocycles. The number of esters is 1. The smallest absolute Gasteiger partial charge is 0.460 e. The molecule has 0 heterocycles. The summed E-state index contributed by atoms with van der Waals surface area (Å²) in [6.07, 6.45) is -8.02. The van der Waals surface area contributed by atoms with Crippen molar-refractivity contribution >= 4 is 11.9 Å². The van der Waals surface area contributed by atoms with Crippen LogP contribution in [-0.2, 0) is 14.3 Å². The standard InChI is InChI=1S/C9H9F7O4/c10-7(11,8(12,13)9(14,15)16)4-20-6(19)3-1-2-5(17)18/h1-4H2,(H,17,18). The van der Waals surface area contributed by atoms with E-state index in [1.165, 1.54) is 0 Å².